The number of piperazine rings is 1. The van der Waals surface area contributed by atoms with Gasteiger partial charge in [0.1, 0.15) is 0 Å². The van der Waals surface area contributed by atoms with Gasteiger partial charge in [0.05, 0.1) is 0 Å². The van der Waals surface area contributed by atoms with E-state index in [1.807, 2.05) is 0 Å². The molecule has 0 bridgehead atoms. The molecule has 1 fully saturated rings. The summed E-state index contributed by atoms with van der Waals surface area (Å²) in [6, 6.07) is 0. The third-order valence-electron chi connectivity index (χ3n) is 1.39. The Balaban J connectivity index is 0.000000810. The van der Waals surface area contributed by atoms with E-state index < -0.39 is 6.09 Å². The zero-order valence-corrected chi connectivity index (χ0v) is 5.13. The summed E-state index contributed by atoms with van der Waals surface area (Å²) < 4.78 is 0. The van der Waals surface area contributed by atoms with E-state index in [9.17, 15) is 4.79 Å². The van der Waals surface area contributed by atoms with E-state index in [0.29, 0.717) is 13.1 Å². The van der Waals surface area contributed by atoms with Crippen LogP contribution in [0.5, 0.6) is 0 Å². The summed E-state index contributed by atoms with van der Waals surface area (Å²) >= 11 is 0. The van der Waals surface area contributed by atoms with E-state index in [0.717, 1.165) is 13.1 Å². The molecule has 0 radical (unpaired) electrons. The van der Waals surface area contributed by atoms with Gasteiger partial charge in [-0.1, -0.05) is 0 Å². The van der Waals surface area contributed by atoms with Gasteiger partial charge in [0.2, 0.25) is 0 Å². The second kappa shape index (κ2) is 4.96. The van der Waals surface area contributed by atoms with Crippen LogP contribution in [0.4, 0.5) is 4.79 Å². The zero-order valence-electron chi connectivity index (χ0n) is 5.13. The first kappa shape index (κ1) is 10.2. The zero-order chi connectivity index (χ0) is 6.69. The van der Waals surface area contributed by atoms with Crippen molar-refractivity contribution in [2.75, 3.05) is 26.2 Å². The molecule has 2 N–H and O–H groups in total. The van der Waals surface area contributed by atoms with Crippen LogP contribution in [-0.2, 0) is 0 Å². The van der Waals surface area contributed by atoms with Gasteiger partial charge in [0, 0.05) is 26.2 Å². The molecule has 0 aromatic carbocycles. The van der Waals surface area contributed by atoms with E-state index >= 15 is 0 Å². The van der Waals surface area contributed by atoms with Crippen LogP contribution in [-0.4, -0.2) is 71.8 Å². The summed E-state index contributed by atoms with van der Waals surface area (Å²) in [4.78, 5) is 11.7. The summed E-state index contributed by atoms with van der Waals surface area (Å²) in [5.41, 5.74) is 0. The summed E-state index contributed by atoms with van der Waals surface area (Å²) in [5, 5.41) is 11.5. The van der Waals surface area contributed by atoms with Gasteiger partial charge in [-0.2, -0.15) is 0 Å². The molecule has 4 nitrogen and oxygen atoms in total. The average molecular weight is 154 g/mol. The predicted octanol–water partition coefficient (Wildman–Crippen LogP) is -1.08. The SMILES string of the molecule is O=C(O)N1CCNCC1.[NaH]. The van der Waals surface area contributed by atoms with Gasteiger partial charge in [0.25, 0.3) is 0 Å². The molecule has 1 aliphatic heterocycles. The summed E-state index contributed by atoms with van der Waals surface area (Å²) in [5.74, 6) is 0. The third-order valence-corrected chi connectivity index (χ3v) is 1.39. The molecule has 0 spiro atoms. The number of amides is 1. The third kappa shape index (κ3) is 2.88. The Hall–Kier alpha value is 0.230. The van der Waals surface area contributed by atoms with Crippen LogP contribution in [0.15, 0.2) is 0 Å². The molecular weight excluding hydrogens is 143 g/mol. The standard InChI is InChI=1S/C5H10N2O2.Na.H/c8-5(9)7-3-1-6-2-4-7;;/h6H,1-4H2,(H,8,9);;. The monoisotopic (exact) mass is 154 g/mol. The van der Waals surface area contributed by atoms with Crippen LogP contribution >= 0.6 is 0 Å². The van der Waals surface area contributed by atoms with Crippen molar-refractivity contribution in [2.24, 2.45) is 0 Å². The van der Waals surface area contributed by atoms with Crippen LogP contribution in [0.2, 0.25) is 0 Å². The molecule has 0 atom stereocenters. The molecule has 0 aromatic heterocycles. The van der Waals surface area contributed by atoms with E-state index in [4.69, 9.17) is 5.11 Å². The molecule has 1 saturated heterocycles. The Morgan fingerprint density at radius 1 is 1.40 bits per heavy atom. The van der Waals surface area contributed by atoms with Crippen molar-refractivity contribution in [3.05, 3.63) is 0 Å². The minimum atomic E-state index is -0.809. The molecule has 0 saturated carbocycles. The molecule has 54 valence electrons. The number of hydrogen-bond acceptors (Lipinski definition) is 2. The maximum atomic E-state index is 10.3. The first-order chi connectivity index (χ1) is 4.30. The fraction of sp³-hybridized carbons (Fsp3) is 0.800. The molecule has 5 heteroatoms. The van der Waals surface area contributed by atoms with Crippen LogP contribution < -0.4 is 5.32 Å². The second-order valence-corrected chi connectivity index (χ2v) is 2.02. The topological polar surface area (TPSA) is 52.6 Å². The second-order valence-electron chi connectivity index (χ2n) is 2.02. The van der Waals surface area contributed by atoms with E-state index in [-0.39, 0.29) is 29.6 Å². The van der Waals surface area contributed by atoms with Gasteiger partial charge in [-0.05, 0) is 0 Å². The number of carboxylic acid groups (broad SMARTS) is 1. The Labute approximate surface area is 81.9 Å². The summed E-state index contributed by atoms with van der Waals surface area (Å²) in [6.07, 6.45) is -0.809. The van der Waals surface area contributed by atoms with Crippen molar-refractivity contribution in [3.8, 4) is 0 Å². The van der Waals surface area contributed by atoms with Crippen molar-refractivity contribution in [2.45, 2.75) is 0 Å². The van der Waals surface area contributed by atoms with Gasteiger partial charge in [-0.25, -0.2) is 4.79 Å². The molecule has 1 heterocycles. The first-order valence-corrected chi connectivity index (χ1v) is 2.99. The van der Waals surface area contributed by atoms with E-state index in [1.165, 1.54) is 4.90 Å². The summed E-state index contributed by atoms with van der Waals surface area (Å²) in [6.45, 7) is 2.81. The van der Waals surface area contributed by atoms with Crippen LogP contribution in [0.1, 0.15) is 0 Å². The molecule has 1 rings (SSSR count). The first-order valence-electron chi connectivity index (χ1n) is 2.99. The molecular formula is C5H11N2NaO2. The molecule has 1 aliphatic rings. The quantitative estimate of drug-likeness (QED) is 0.436. The Bertz CT molecular complexity index is 114. The Kier molecular flexibility index (Phi) is 5.07. The van der Waals surface area contributed by atoms with Crippen LogP contribution in [0, 0.1) is 0 Å². The molecule has 0 aromatic rings. The fourth-order valence-electron chi connectivity index (χ4n) is 0.856. The predicted molar refractivity (Wildman–Crippen MR) is 39.6 cm³/mol. The Morgan fingerprint density at radius 2 is 1.90 bits per heavy atom. The number of nitrogens with zero attached hydrogens (tertiary/aromatic N) is 1. The average Bonchev–Trinajstić information content (AvgIpc) is 1.90. The van der Waals surface area contributed by atoms with Crippen LogP contribution in [0.3, 0.4) is 0 Å². The van der Waals surface area contributed by atoms with Gasteiger partial charge in [-0.3, -0.25) is 0 Å². The Morgan fingerprint density at radius 3 is 2.20 bits per heavy atom. The van der Waals surface area contributed by atoms with Crippen molar-refractivity contribution < 1.29 is 9.90 Å². The van der Waals surface area contributed by atoms with Gasteiger partial charge >= 0.3 is 35.7 Å². The minimum absolute atomic E-state index is 0. The van der Waals surface area contributed by atoms with Crippen molar-refractivity contribution in [1.29, 1.82) is 0 Å². The number of carbonyl (C=O) groups is 1. The van der Waals surface area contributed by atoms with Crippen LogP contribution in [0.25, 0.3) is 0 Å². The van der Waals surface area contributed by atoms with Crippen molar-refractivity contribution >= 4 is 35.7 Å². The van der Waals surface area contributed by atoms with Crippen molar-refractivity contribution in [3.63, 3.8) is 0 Å². The number of hydrogen-bond donors (Lipinski definition) is 2. The molecule has 0 aliphatic carbocycles. The van der Waals surface area contributed by atoms with Crippen molar-refractivity contribution in [1.82, 2.24) is 10.2 Å². The van der Waals surface area contributed by atoms with Gasteiger partial charge in [0.15, 0.2) is 0 Å². The number of nitrogens with one attached hydrogen (secondary N) is 1. The van der Waals surface area contributed by atoms with Gasteiger partial charge < -0.3 is 15.3 Å². The van der Waals surface area contributed by atoms with E-state index in [1.54, 1.807) is 0 Å². The van der Waals surface area contributed by atoms with E-state index in [2.05, 4.69) is 5.32 Å². The number of rotatable bonds is 0. The molecule has 1 amide bonds. The molecule has 0 unspecified atom stereocenters. The normalized spacial score (nSPS) is 17.8. The fourth-order valence-corrected chi connectivity index (χ4v) is 0.856. The maximum absolute atomic E-state index is 10.3. The summed E-state index contributed by atoms with van der Waals surface area (Å²) in [7, 11) is 0. The molecule has 10 heavy (non-hydrogen) atoms. The van der Waals surface area contributed by atoms with Gasteiger partial charge in [-0.15, -0.1) is 0 Å².